The van der Waals surface area contributed by atoms with Crippen LogP contribution in [0.25, 0.3) is 0 Å². The summed E-state index contributed by atoms with van der Waals surface area (Å²) in [5.41, 5.74) is 7.97. The third kappa shape index (κ3) is 1.59. The van der Waals surface area contributed by atoms with Crippen LogP contribution in [0.3, 0.4) is 0 Å². The predicted octanol–water partition coefficient (Wildman–Crippen LogP) is 1.22. The summed E-state index contributed by atoms with van der Waals surface area (Å²) in [5, 5.41) is 0. The number of hydrogen-bond acceptors (Lipinski definition) is 3. The summed E-state index contributed by atoms with van der Waals surface area (Å²) in [6.07, 6.45) is 5.33. The molecule has 0 saturated carbocycles. The molecule has 0 aromatic carbocycles. The van der Waals surface area contributed by atoms with E-state index in [1.165, 1.54) is 5.56 Å². The van der Waals surface area contributed by atoms with E-state index < -0.39 is 0 Å². The van der Waals surface area contributed by atoms with E-state index >= 15 is 0 Å². The molecule has 0 radical (unpaired) electrons. The van der Waals surface area contributed by atoms with Crippen LogP contribution >= 0.6 is 0 Å². The Morgan fingerprint density at radius 1 is 1.36 bits per heavy atom. The van der Waals surface area contributed by atoms with Gasteiger partial charge in [-0.3, -0.25) is 4.98 Å². The number of nitrogens with two attached hydrogens (primary N) is 1. The minimum atomic E-state index is 0.555. The minimum absolute atomic E-state index is 0.555. The molecule has 0 aliphatic heterocycles. The molecular formula is C10H12N4. The largest absolute Gasteiger partial charge is 0.369 e. The molecule has 2 rings (SSSR count). The highest BCUT2D eigenvalue weighted by Gasteiger charge is 2.03. The van der Waals surface area contributed by atoms with E-state index in [2.05, 4.69) is 9.97 Å². The zero-order valence-electron chi connectivity index (χ0n) is 8.01. The van der Waals surface area contributed by atoms with Crippen molar-refractivity contribution in [1.29, 1.82) is 0 Å². The molecule has 2 aromatic heterocycles. The van der Waals surface area contributed by atoms with Gasteiger partial charge in [-0.25, -0.2) is 4.98 Å². The van der Waals surface area contributed by atoms with Crippen molar-refractivity contribution in [2.75, 3.05) is 5.73 Å². The van der Waals surface area contributed by atoms with Gasteiger partial charge in [-0.15, -0.1) is 0 Å². The summed E-state index contributed by atoms with van der Waals surface area (Å²) in [7, 11) is 0. The number of nitrogen functional groups attached to an aromatic ring is 1. The Kier molecular flexibility index (Phi) is 2.18. The second-order valence-electron chi connectivity index (χ2n) is 3.20. The predicted molar refractivity (Wildman–Crippen MR) is 54.7 cm³/mol. The van der Waals surface area contributed by atoms with Crippen molar-refractivity contribution in [3.05, 3.63) is 42.0 Å². The summed E-state index contributed by atoms with van der Waals surface area (Å²) in [4.78, 5) is 8.00. The van der Waals surface area contributed by atoms with E-state index in [9.17, 15) is 0 Å². The van der Waals surface area contributed by atoms with Gasteiger partial charge in [0, 0.05) is 18.1 Å². The first-order valence-electron chi connectivity index (χ1n) is 4.44. The summed E-state index contributed by atoms with van der Waals surface area (Å²) < 4.78 is 1.97. The molecular weight excluding hydrogens is 176 g/mol. The minimum Gasteiger partial charge on any atom is -0.369 e. The maximum atomic E-state index is 5.73. The molecule has 0 atom stereocenters. The third-order valence-electron chi connectivity index (χ3n) is 2.18. The molecule has 72 valence electrons. The van der Waals surface area contributed by atoms with Crippen molar-refractivity contribution in [3.8, 4) is 0 Å². The van der Waals surface area contributed by atoms with Crippen LogP contribution in [-0.4, -0.2) is 14.5 Å². The van der Waals surface area contributed by atoms with Crippen LogP contribution in [0.15, 0.2) is 30.7 Å². The summed E-state index contributed by atoms with van der Waals surface area (Å²) in [5.74, 6) is 0.555. The molecule has 2 N–H and O–H groups in total. The topological polar surface area (TPSA) is 56.7 Å². The fraction of sp³-hybridized carbons (Fsp3) is 0.200. The summed E-state index contributed by atoms with van der Waals surface area (Å²) in [6.45, 7) is 2.74. The molecule has 0 fully saturated rings. The molecule has 2 aromatic rings. The Balaban J connectivity index is 2.27. The van der Waals surface area contributed by atoms with Gasteiger partial charge >= 0.3 is 0 Å². The molecule has 4 nitrogen and oxygen atoms in total. The van der Waals surface area contributed by atoms with Crippen LogP contribution < -0.4 is 5.73 Å². The van der Waals surface area contributed by atoms with Crippen molar-refractivity contribution >= 4 is 5.95 Å². The van der Waals surface area contributed by atoms with E-state index in [1.54, 1.807) is 18.6 Å². The van der Waals surface area contributed by atoms with Crippen LogP contribution in [0.2, 0.25) is 0 Å². The Morgan fingerprint density at radius 3 is 2.64 bits per heavy atom. The van der Waals surface area contributed by atoms with Gasteiger partial charge in [0.05, 0.1) is 12.7 Å². The average Bonchev–Trinajstić information content (AvgIpc) is 2.51. The van der Waals surface area contributed by atoms with E-state index in [1.807, 2.05) is 23.6 Å². The van der Waals surface area contributed by atoms with Gasteiger partial charge in [0.15, 0.2) is 0 Å². The number of aryl methyl sites for hydroxylation is 1. The van der Waals surface area contributed by atoms with Gasteiger partial charge in [-0.1, -0.05) is 0 Å². The lowest BCUT2D eigenvalue weighted by Crippen LogP contribution is -2.06. The highest BCUT2D eigenvalue weighted by molar-refractivity contribution is 5.24. The lowest BCUT2D eigenvalue weighted by Gasteiger charge is -2.06. The number of hydrogen-bond donors (Lipinski definition) is 1. The lowest BCUT2D eigenvalue weighted by molar-refractivity contribution is 0.781. The van der Waals surface area contributed by atoms with E-state index in [0.29, 0.717) is 5.95 Å². The second-order valence-corrected chi connectivity index (χ2v) is 3.20. The van der Waals surface area contributed by atoms with Crippen LogP contribution in [0.4, 0.5) is 5.95 Å². The fourth-order valence-electron chi connectivity index (χ4n) is 1.36. The average molecular weight is 188 g/mol. The van der Waals surface area contributed by atoms with E-state index in [4.69, 9.17) is 5.73 Å². The first kappa shape index (κ1) is 8.74. The smallest absolute Gasteiger partial charge is 0.200 e. The zero-order chi connectivity index (χ0) is 9.97. The van der Waals surface area contributed by atoms with Crippen molar-refractivity contribution in [3.63, 3.8) is 0 Å². The molecule has 0 unspecified atom stereocenters. The van der Waals surface area contributed by atoms with Crippen molar-refractivity contribution in [2.24, 2.45) is 0 Å². The quantitative estimate of drug-likeness (QED) is 0.770. The Morgan fingerprint density at radius 2 is 2.07 bits per heavy atom. The third-order valence-corrected chi connectivity index (χ3v) is 2.18. The summed E-state index contributed by atoms with van der Waals surface area (Å²) >= 11 is 0. The van der Waals surface area contributed by atoms with Gasteiger partial charge in [0.1, 0.15) is 0 Å². The van der Waals surface area contributed by atoms with Gasteiger partial charge in [0.25, 0.3) is 0 Å². The molecule has 0 amide bonds. The SMILES string of the molecule is Cc1cnc(N)n1Cc1ccncc1. The van der Waals surface area contributed by atoms with Crippen LogP contribution in [0, 0.1) is 6.92 Å². The molecule has 2 heterocycles. The first-order valence-corrected chi connectivity index (χ1v) is 4.44. The Bertz CT molecular complexity index is 399. The standard InChI is InChI=1S/C10H12N4/c1-8-6-13-10(11)14(8)7-9-2-4-12-5-3-9/h2-6H,7H2,1H3,(H2,11,13). The van der Waals surface area contributed by atoms with Gasteiger partial charge < -0.3 is 10.3 Å². The van der Waals surface area contributed by atoms with Crippen LogP contribution in [0.1, 0.15) is 11.3 Å². The van der Waals surface area contributed by atoms with Gasteiger partial charge in [-0.2, -0.15) is 0 Å². The number of rotatable bonds is 2. The monoisotopic (exact) mass is 188 g/mol. The Hall–Kier alpha value is -1.84. The molecule has 4 heteroatoms. The van der Waals surface area contributed by atoms with Crippen LogP contribution in [-0.2, 0) is 6.54 Å². The number of anilines is 1. The maximum absolute atomic E-state index is 5.73. The molecule has 0 aliphatic carbocycles. The van der Waals surface area contributed by atoms with Crippen molar-refractivity contribution < 1.29 is 0 Å². The first-order chi connectivity index (χ1) is 6.77. The zero-order valence-corrected chi connectivity index (χ0v) is 8.01. The van der Waals surface area contributed by atoms with Gasteiger partial charge in [0.2, 0.25) is 5.95 Å². The molecule has 0 saturated heterocycles. The normalized spacial score (nSPS) is 10.4. The van der Waals surface area contributed by atoms with E-state index in [-0.39, 0.29) is 0 Å². The highest BCUT2D eigenvalue weighted by Crippen LogP contribution is 2.09. The number of pyridine rings is 1. The van der Waals surface area contributed by atoms with Crippen LogP contribution in [0.5, 0.6) is 0 Å². The number of nitrogens with zero attached hydrogens (tertiary/aromatic N) is 3. The molecule has 0 spiro atoms. The van der Waals surface area contributed by atoms with E-state index in [0.717, 1.165) is 12.2 Å². The molecule has 0 aliphatic rings. The second kappa shape index (κ2) is 3.49. The lowest BCUT2D eigenvalue weighted by atomic mass is 10.2. The van der Waals surface area contributed by atoms with Crippen molar-refractivity contribution in [1.82, 2.24) is 14.5 Å². The fourth-order valence-corrected chi connectivity index (χ4v) is 1.36. The number of imidazole rings is 1. The Labute approximate surface area is 82.4 Å². The maximum Gasteiger partial charge on any atom is 0.200 e. The highest BCUT2D eigenvalue weighted by atomic mass is 15.1. The molecule has 0 bridgehead atoms. The summed E-state index contributed by atoms with van der Waals surface area (Å²) in [6, 6.07) is 3.94. The van der Waals surface area contributed by atoms with Crippen molar-refractivity contribution in [2.45, 2.75) is 13.5 Å². The van der Waals surface area contributed by atoms with Gasteiger partial charge in [-0.05, 0) is 24.6 Å². The molecule has 14 heavy (non-hydrogen) atoms. The number of aromatic nitrogens is 3.